The molecule has 0 saturated carbocycles. The van der Waals surface area contributed by atoms with E-state index in [4.69, 9.17) is 23.2 Å². The van der Waals surface area contributed by atoms with E-state index >= 15 is 0 Å². The maximum Gasteiger partial charge on any atom is 0.0407 e. The van der Waals surface area contributed by atoms with E-state index < -0.39 is 0 Å². The summed E-state index contributed by atoms with van der Waals surface area (Å²) in [4.78, 5) is 0. The van der Waals surface area contributed by atoms with Crippen molar-refractivity contribution in [2.24, 2.45) is 0 Å². The van der Waals surface area contributed by atoms with Crippen LogP contribution in [0.25, 0.3) is 0 Å². The molecule has 0 N–H and O–H groups in total. The third-order valence-corrected chi connectivity index (χ3v) is 0.733. The normalized spacial score (nSPS) is 11.7. The molecule has 0 spiro atoms. The van der Waals surface area contributed by atoms with Crippen LogP contribution in [0.2, 0.25) is 0 Å². The summed E-state index contributed by atoms with van der Waals surface area (Å²) in [5.74, 6) is 0.543. The molecule has 0 aromatic rings. The van der Waals surface area contributed by atoms with Gasteiger partial charge in [0, 0.05) is 11.4 Å². The van der Waals surface area contributed by atoms with Gasteiger partial charge in [-0.2, -0.15) is 0 Å². The highest BCUT2D eigenvalue weighted by Gasteiger charge is 1.60. The number of hydrogen-bond donors (Lipinski definition) is 0. The van der Waals surface area contributed by atoms with Crippen molar-refractivity contribution < 1.29 is 0 Å². The summed E-state index contributed by atoms with van der Waals surface area (Å²) in [5.41, 5.74) is 1.43. The maximum absolute atomic E-state index is 5.27. The maximum atomic E-state index is 5.27. The van der Waals surface area contributed by atoms with Gasteiger partial charge in [0.15, 0.2) is 0 Å². The predicted octanol–water partition coefficient (Wildman–Crippen LogP) is 2.53. The van der Waals surface area contributed by atoms with Gasteiger partial charge in [-0.25, -0.2) is 0 Å². The van der Waals surface area contributed by atoms with Crippen molar-refractivity contribution in [2.75, 3.05) is 5.88 Å². The lowest BCUT2D eigenvalue weighted by molar-refractivity contribution is 1.74. The quantitative estimate of drug-likeness (QED) is 0.405. The van der Waals surface area contributed by atoms with Crippen molar-refractivity contribution in [3.8, 4) is 0 Å². The third kappa shape index (κ3) is 6.06. The highest BCUT2D eigenvalue weighted by molar-refractivity contribution is 6.25. The van der Waals surface area contributed by atoms with Crippen LogP contribution in [-0.2, 0) is 0 Å². The largest absolute Gasteiger partial charge is 0.122 e. The van der Waals surface area contributed by atoms with Gasteiger partial charge in [-0.3, -0.25) is 0 Å². The second-order valence-corrected chi connectivity index (χ2v) is 1.46. The minimum absolute atomic E-state index is 0.543. The summed E-state index contributed by atoms with van der Waals surface area (Å²) in [6.07, 6.45) is 5.31. The Balaban J connectivity index is 3.09. The summed E-state index contributed by atoms with van der Waals surface area (Å²) >= 11 is 10.4. The van der Waals surface area contributed by atoms with Crippen LogP contribution in [-0.4, -0.2) is 5.88 Å². The van der Waals surface area contributed by atoms with Gasteiger partial charge in [0.2, 0.25) is 0 Å². The Hall–Kier alpha value is 0.0600. The summed E-state index contributed by atoms with van der Waals surface area (Å²) in [5, 5.41) is 0. The third-order valence-electron chi connectivity index (χ3n) is 0.409. The fourth-order valence-corrected chi connectivity index (χ4v) is 0.359. The summed E-state index contributed by atoms with van der Waals surface area (Å²) < 4.78 is 0. The van der Waals surface area contributed by atoms with E-state index in [0.29, 0.717) is 5.88 Å². The van der Waals surface area contributed by atoms with Gasteiger partial charge in [0.1, 0.15) is 0 Å². The predicted molar refractivity (Wildman–Crippen MR) is 34.9 cm³/mol. The molecular weight excluding hydrogens is 131 g/mol. The second kappa shape index (κ2) is 6.06. The van der Waals surface area contributed by atoms with Crippen molar-refractivity contribution in [1.29, 1.82) is 0 Å². The first-order chi connectivity index (χ1) is 3.41. The van der Waals surface area contributed by atoms with E-state index in [1.165, 1.54) is 5.54 Å². The van der Waals surface area contributed by atoms with Crippen molar-refractivity contribution in [2.45, 2.75) is 0 Å². The van der Waals surface area contributed by atoms with Gasteiger partial charge >= 0.3 is 0 Å². The summed E-state index contributed by atoms with van der Waals surface area (Å²) in [6.45, 7) is 0. The molecule has 0 radical (unpaired) electrons. The molecule has 0 heterocycles. The minimum Gasteiger partial charge on any atom is -0.122 e. The molecule has 0 unspecified atom stereocenters. The Kier molecular flexibility index (Phi) is 6.11. The van der Waals surface area contributed by atoms with Crippen LogP contribution >= 0.6 is 23.2 Å². The number of alkyl halides is 1. The van der Waals surface area contributed by atoms with E-state index in [1.807, 2.05) is 0 Å². The zero-order valence-electron chi connectivity index (χ0n) is 3.77. The molecule has 0 rings (SSSR count). The average molecular weight is 137 g/mol. The number of halogens is 2. The Morgan fingerprint density at radius 3 is 2.43 bits per heavy atom. The summed E-state index contributed by atoms with van der Waals surface area (Å²) in [6, 6.07) is 0. The average Bonchev–Trinajstić information content (AvgIpc) is 1.69. The highest BCUT2D eigenvalue weighted by atomic mass is 35.5. The Bertz CT molecular complexity index is 74.1. The van der Waals surface area contributed by atoms with Crippen molar-refractivity contribution in [1.82, 2.24) is 0 Å². The van der Waals surface area contributed by atoms with Crippen LogP contribution in [0.5, 0.6) is 0 Å². The van der Waals surface area contributed by atoms with Crippen LogP contribution in [0.4, 0.5) is 0 Å². The van der Waals surface area contributed by atoms with Gasteiger partial charge < -0.3 is 0 Å². The SMILES string of the molecule is Cl/C=C/C=C/CCl. The molecule has 0 amide bonds. The smallest absolute Gasteiger partial charge is 0.0407 e. The molecule has 0 aliphatic rings. The first kappa shape index (κ1) is 7.06. The van der Waals surface area contributed by atoms with Crippen LogP contribution in [0.15, 0.2) is 23.8 Å². The fourth-order valence-electron chi connectivity index (χ4n) is 0.172. The molecule has 0 aromatic carbocycles. The monoisotopic (exact) mass is 136 g/mol. The van der Waals surface area contributed by atoms with Crippen LogP contribution in [0.1, 0.15) is 0 Å². The molecule has 0 atom stereocenters. The van der Waals surface area contributed by atoms with Crippen molar-refractivity contribution in [3.05, 3.63) is 23.8 Å². The Labute approximate surface area is 53.4 Å². The molecule has 0 aromatic heterocycles. The number of hydrogen-bond acceptors (Lipinski definition) is 0. The first-order valence-corrected chi connectivity index (χ1v) is 2.86. The van der Waals surface area contributed by atoms with Crippen molar-refractivity contribution >= 4 is 23.2 Å². The minimum atomic E-state index is 0.543. The fraction of sp³-hybridized carbons (Fsp3) is 0.200. The van der Waals surface area contributed by atoms with Crippen molar-refractivity contribution in [3.63, 3.8) is 0 Å². The molecular formula is C5H6Cl2. The van der Waals surface area contributed by atoms with Gasteiger partial charge in [0.05, 0.1) is 0 Å². The van der Waals surface area contributed by atoms with E-state index in [9.17, 15) is 0 Å². The number of allylic oxidation sites excluding steroid dienone is 3. The zero-order chi connectivity index (χ0) is 5.54. The molecule has 40 valence electrons. The van der Waals surface area contributed by atoms with Crippen LogP contribution in [0, 0.1) is 0 Å². The number of rotatable bonds is 2. The molecule has 2 heteroatoms. The van der Waals surface area contributed by atoms with Crippen LogP contribution in [0.3, 0.4) is 0 Å². The summed E-state index contributed by atoms with van der Waals surface area (Å²) in [7, 11) is 0. The standard InChI is InChI=1S/C5H6Cl2/c6-4-2-1-3-5-7/h1-4H,5H2/b3-1+,4-2+. The molecule has 7 heavy (non-hydrogen) atoms. The molecule has 0 aliphatic heterocycles. The van der Waals surface area contributed by atoms with Gasteiger partial charge in [-0.1, -0.05) is 29.8 Å². The van der Waals surface area contributed by atoms with Gasteiger partial charge in [-0.05, 0) is 0 Å². The van der Waals surface area contributed by atoms with E-state index in [1.54, 1.807) is 18.2 Å². The Morgan fingerprint density at radius 1 is 1.29 bits per heavy atom. The second-order valence-electron chi connectivity index (χ2n) is 0.901. The van der Waals surface area contributed by atoms with E-state index in [0.717, 1.165) is 0 Å². The molecule has 0 saturated heterocycles. The molecule has 0 nitrogen and oxygen atoms in total. The molecule has 0 fully saturated rings. The van der Waals surface area contributed by atoms with E-state index in [2.05, 4.69) is 0 Å². The van der Waals surface area contributed by atoms with Crippen LogP contribution < -0.4 is 0 Å². The topological polar surface area (TPSA) is 0 Å². The van der Waals surface area contributed by atoms with Gasteiger partial charge in [0.25, 0.3) is 0 Å². The lowest BCUT2D eigenvalue weighted by Crippen LogP contribution is -1.53. The van der Waals surface area contributed by atoms with E-state index in [-0.39, 0.29) is 0 Å². The highest BCUT2D eigenvalue weighted by Crippen LogP contribution is 1.81. The first-order valence-electron chi connectivity index (χ1n) is 1.89. The lowest BCUT2D eigenvalue weighted by atomic mass is 10.5. The zero-order valence-corrected chi connectivity index (χ0v) is 5.28. The van der Waals surface area contributed by atoms with Gasteiger partial charge in [-0.15, -0.1) is 11.6 Å². The lowest BCUT2D eigenvalue weighted by Gasteiger charge is -1.68. The molecule has 0 aliphatic carbocycles. The molecule has 0 bridgehead atoms. The Morgan fingerprint density at radius 2 is 2.00 bits per heavy atom.